The molecule has 3 heteroatoms. The van der Waals surface area contributed by atoms with Crippen molar-refractivity contribution < 1.29 is 4.74 Å². The summed E-state index contributed by atoms with van der Waals surface area (Å²) in [6, 6.07) is 23.4. The lowest BCUT2D eigenvalue weighted by Gasteiger charge is -2.15. The molecule has 0 saturated carbocycles. The van der Waals surface area contributed by atoms with Crippen molar-refractivity contribution in [3.8, 4) is 28.0 Å². The molecule has 1 nitrogen and oxygen atoms in total. The van der Waals surface area contributed by atoms with E-state index in [2.05, 4.69) is 106 Å². The molecule has 0 aliphatic rings. The van der Waals surface area contributed by atoms with E-state index in [0.717, 1.165) is 21.3 Å². The first-order chi connectivity index (χ1) is 14.1. The Morgan fingerprint density at radius 3 is 2.03 bits per heavy atom. The highest BCUT2D eigenvalue weighted by Gasteiger charge is 2.08. The molecule has 0 bridgehead atoms. The third kappa shape index (κ3) is 6.20. The summed E-state index contributed by atoms with van der Waals surface area (Å²) in [7, 11) is 0. The Kier molecular flexibility index (Phi) is 8.38. The first-order valence-corrected chi connectivity index (χ1v) is 12.0. The fourth-order valence-electron chi connectivity index (χ4n) is 3.42. The van der Waals surface area contributed by atoms with E-state index in [4.69, 9.17) is 4.74 Å². The van der Waals surface area contributed by atoms with E-state index < -0.39 is 0 Å². The maximum absolute atomic E-state index is 6.04. The van der Waals surface area contributed by atoms with Crippen molar-refractivity contribution >= 4 is 31.9 Å². The molecule has 0 heterocycles. The van der Waals surface area contributed by atoms with Crippen LogP contribution in [0.1, 0.15) is 39.5 Å². The van der Waals surface area contributed by atoms with Gasteiger partial charge in [-0.15, -0.1) is 0 Å². The molecular weight excluding hydrogens is 488 g/mol. The zero-order valence-electron chi connectivity index (χ0n) is 17.1. The standard InChI is InChI=1S/C26H28Br2O/c1-3-5-6-19(4-2)18-29-24-14-11-21(12-15-24)20-7-9-22(10-8-20)25-17-23(27)13-16-26(25)28/h7-17,19H,3-6,18H2,1-2H3. The van der Waals surface area contributed by atoms with Crippen LogP contribution in [0.4, 0.5) is 0 Å². The summed E-state index contributed by atoms with van der Waals surface area (Å²) in [5.74, 6) is 1.61. The number of hydrogen-bond acceptors (Lipinski definition) is 1. The number of halogens is 2. The molecule has 29 heavy (non-hydrogen) atoms. The van der Waals surface area contributed by atoms with Gasteiger partial charge in [0.15, 0.2) is 0 Å². The lowest BCUT2D eigenvalue weighted by atomic mass is 10.00. The molecule has 152 valence electrons. The van der Waals surface area contributed by atoms with Crippen LogP contribution in [0.25, 0.3) is 22.3 Å². The van der Waals surface area contributed by atoms with E-state index in [1.165, 1.54) is 47.9 Å². The van der Waals surface area contributed by atoms with Crippen molar-refractivity contribution in [3.63, 3.8) is 0 Å². The molecule has 0 spiro atoms. The molecule has 0 fully saturated rings. The van der Waals surface area contributed by atoms with Gasteiger partial charge in [0.1, 0.15) is 5.75 Å². The third-order valence-electron chi connectivity index (χ3n) is 5.34. The molecule has 3 rings (SSSR count). The van der Waals surface area contributed by atoms with E-state index >= 15 is 0 Å². The van der Waals surface area contributed by atoms with Gasteiger partial charge in [0.2, 0.25) is 0 Å². The minimum absolute atomic E-state index is 0.652. The summed E-state index contributed by atoms with van der Waals surface area (Å²) < 4.78 is 8.21. The van der Waals surface area contributed by atoms with Crippen LogP contribution in [0.2, 0.25) is 0 Å². The summed E-state index contributed by atoms with van der Waals surface area (Å²) in [4.78, 5) is 0. The summed E-state index contributed by atoms with van der Waals surface area (Å²) in [6.07, 6.45) is 4.97. The Labute approximate surface area is 191 Å². The number of ether oxygens (including phenoxy) is 1. The Hall–Kier alpha value is -1.58. The van der Waals surface area contributed by atoms with E-state index in [0.29, 0.717) is 5.92 Å². The third-order valence-corrected chi connectivity index (χ3v) is 6.53. The van der Waals surface area contributed by atoms with Gasteiger partial charge in [0.05, 0.1) is 6.61 Å². The molecule has 0 aliphatic carbocycles. The molecule has 0 saturated heterocycles. The average Bonchev–Trinajstić information content (AvgIpc) is 2.76. The smallest absolute Gasteiger partial charge is 0.119 e. The predicted molar refractivity (Wildman–Crippen MR) is 132 cm³/mol. The summed E-state index contributed by atoms with van der Waals surface area (Å²) >= 11 is 7.20. The van der Waals surface area contributed by atoms with Crippen molar-refractivity contribution in [3.05, 3.63) is 75.7 Å². The Balaban J connectivity index is 1.66. The van der Waals surface area contributed by atoms with Gasteiger partial charge in [-0.25, -0.2) is 0 Å². The molecule has 0 N–H and O–H groups in total. The van der Waals surface area contributed by atoms with Gasteiger partial charge in [-0.1, -0.05) is 101 Å². The average molecular weight is 516 g/mol. The van der Waals surface area contributed by atoms with Crippen LogP contribution in [-0.2, 0) is 0 Å². The first kappa shape index (κ1) is 22.1. The van der Waals surface area contributed by atoms with E-state index in [1.54, 1.807) is 0 Å². The van der Waals surface area contributed by atoms with Crippen LogP contribution in [0.5, 0.6) is 5.75 Å². The van der Waals surface area contributed by atoms with Crippen LogP contribution >= 0.6 is 31.9 Å². The van der Waals surface area contributed by atoms with Gasteiger partial charge in [-0.05, 0) is 64.9 Å². The lowest BCUT2D eigenvalue weighted by molar-refractivity contribution is 0.233. The fourth-order valence-corrected chi connectivity index (χ4v) is 4.25. The summed E-state index contributed by atoms with van der Waals surface area (Å²) in [5.41, 5.74) is 4.79. The zero-order valence-corrected chi connectivity index (χ0v) is 20.3. The van der Waals surface area contributed by atoms with Crippen molar-refractivity contribution in [1.82, 2.24) is 0 Å². The topological polar surface area (TPSA) is 9.23 Å². The number of unbranched alkanes of at least 4 members (excludes halogenated alkanes) is 1. The summed E-state index contributed by atoms with van der Waals surface area (Å²) in [6.45, 7) is 5.31. The molecule has 0 radical (unpaired) electrons. The Morgan fingerprint density at radius 1 is 0.793 bits per heavy atom. The highest BCUT2D eigenvalue weighted by molar-refractivity contribution is 9.11. The Bertz CT molecular complexity index is 901. The summed E-state index contributed by atoms with van der Waals surface area (Å²) in [5, 5.41) is 0. The van der Waals surface area contributed by atoms with Crippen LogP contribution in [0.3, 0.4) is 0 Å². The largest absolute Gasteiger partial charge is 0.493 e. The second-order valence-corrected chi connectivity index (χ2v) is 9.22. The van der Waals surface area contributed by atoms with E-state index in [-0.39, 0.29) is 0 Å². The van der Waals surface area contributed by atoms with Crippen LogP contribution in [0.15, 0.2) is 75.7 Å². The lowest BCUT2D eigenvalue weighted by Crippen LogP contribution is -2.11. The van der Waals surface area contributed by atoms with Crippen molar-refractivity contribution in [2.45, 2.75) is 39.5 Å². The number of benzene rings is 3. The van der Waals surface area contributed by atoms with E-state index in [1.807, 2.05) is 6.07 Å². The maximum Gasteiger partial charge on any atom is 0.119 e. The number of rotatable bonds is 9. The second kappa shape index (κ2) is 11.0. The zero-order chi connectivity index (χ0) is 20.6. The van der Waals surface area contributed by atoms with Crippen LogP contribution in [0, 0.1) is 5.92 Å². The van der Waals surface area contributed by atoms with Gasteiger partial charge >= 0.3 is 0 Å². The van der Waals surface area contributed by atoms with Gasteiger partial charge < -0.3 is 4.74 Å². The monoisotopic (exact) mass is 514 g/mol. The van der Waals surface area contributed by atoms with E-state index in [9.17, 15) is 0 Å². The molecule has 0 aliphatic heterocycles. The van der Waals surface area contributed by atoms with Gasteiger partial charge in [-0.3, -0.25) is 0 Å². The maximum atomic E-state index is 6.04. The molecule has 0 amide bonds. The second-order valence-electron chi connectivity index (χ2n) is 7.45. The minimum Gasteiger partial charge on any atom is -0.493 e. The molecule has 1 atom stereocenters. The molecular formula is C26H28Br2O. The normalized spacial score (nSPS) is 12.0. The van der Waals surface area contributed by atoms with Gasteiger partial charge in [-0.2, -0.15) is 0 Å². The van der Waals surface area contributed by atoms with Crippen molar-refractivity contribution in [2.24, 2.45) is 5.92 Å². The fraction of sp³-hybridized carbons (Fsp3) is 0.308. The molecule has 3 aromatic rings. The van der Waals surface area contributed by atoms with Crippen molar-refractivity contribution in [1.29, 1.82) is 0 Å². The van der Waals surface area contributed by atoms with Gasteiger partial charge in [0, 0.05) is 8.95 Å². The first-order valence-electron chi connectivity index (χ1n) is 10.4. The minimum atomic E-state index is 0.652. The highest BCUT2D eigenvalue weighted by Crippen LogP contribution is 2.32. The molecule has 0 aromatic heterocycles. The van der Waals surface area contributed by atoms with Crippen LogP contribution in [-0.4, -0.2) is 6.61 Å². The quantitative estimate of drug-likeness (QED) is 0.276. The SMILES string of the molecule is CCCCC(CC)COc1ccc(-c2ccc(-c3cc(Br)ccc3Br)cc2)cc1. The van der Waals surface area contributed by atoms with Gasteiger partial charge in [0.25, 0.3) is 0 Å². The molecule has 1 unspecified atom stereocenters. The number of hydrogen-bond donors (Lipinski definition) is 0. The highest BCUT2D eigenvalue weighted by atomic mass is 79.9. The Morgan fingerprint density at radius 2 is 1.41 bits per heavy atom. The van der Waals surface area contributed by atoms with Crippen molar-refractivity contribution in [2.75, 3.05) is 6.61 Å². The molecule has 3 aromatic carbocycles. The van der Waals surface area contributed by atoms with Crippen LogP contribution < -0.4 is 4.74 Å². The predicted octanol–water partition coefficient (Wildman–Crippen LogP) is 9.14.